The summed E-state index contributed by atoms with van der Waals surface area (Å²) in [5, 5.41) is 7.36. The minimum absolute atomic E-state index is 0.692. The summed E-state index contributed by atoms with van der Waals surface area (Å²) in [7, 11) is 0. The number of benzene rings is 1. The topological polar surface area (TPSA) is 54.7 Å². The second-order valence-corrected chi connectivity index (χ2v) is 6.15. The normalized spacial score (nSPS) is 11.3. The van der Waals surface area contributed by atoms with Gasteiger partial charge in [-0.15, -0.1) is 11.3 Å². The maximum Gasteiger partial charge on any atom is 0.226 e. The molecule has 0 fully saturated rings. The number of H-pyrrole nitrogens is 1. The molecule has 0 saturated heterocycles. The molecular formula is C17H15N3OS. The average molecular weight is 309 g/mol. The Morgan fingerprint density at radius 3 is 2.95 bits per heavy atom. The minimum atomic E-state index is 0.692. The molecule has 3 aromatic heterocycles. The zero-order chi connectivity index (χ0) is 14.8. The maximum absolute atomic E-state index is 5.33. The molecule has 0 unspecified atom stereocenters. The first kappa shape index (κ1) is 13.3. The van der Waals surface area contributed by atoms with Crippen molar-refractivity contribution < 1.29 is 4.52 Å². The van der Waals surface area contributed by atoms with Crippen LogP contribution in [0.15, 0.2) is 52.5 Å². The monoisotopic (exact) mass is 309 g/mol. The molecule has 4 rings (SSSR count). The zero-order valence-electron chi connectivity index (χ0n) is 12.0. The molecule has 0 bridgehead atoms. The molecule has 22 heavy (non-hydrogen) atoms. The van der Waals surface area contributed by atoms with Crippen LogP contribution in [0.25, 0.3) is 21.6 Å². The maximum atomic E-state index is 5.33. The third-order valence-electron chi connectivity index (χ3n) is 3.72. The van der Waals surface area contributed by atoms with Gasteiger partial charge in [-0.2, -0.15) is 4.98 Å². The average Bonchev–Trinajstić information content (AvgIpc) is 3.28. The number of hydrogen-bond donors (Lipinski definition) is 1. The van der Waals surface area contributed by atoms with Crippen LogP contribution in [0.4, 0.5) is 0 Å². The molecule has 4 nitrogen and oxygen atoms in total. The Morgan fingerprint density at radius 1 is 1.09 bits per heavy atom. The summed E-state index contributed by atoms with van der Waals surface area (Å²) in [5.41, 5.74) is 2.53. The Balaban J connectivity index is 1.41. The fourth-order valence-electron chi connectivity index (χ4n) is 2.63. The van der Waals surface area contributed by atoms with Crippen LogP contribution in [0.3, 0.4) is 0 Å². The second-order valence-electron chi connectivity index (χ2n) is 5.20. The first-order valence-corrected chi connectivity index (χ1v) is 8.19. The summed E-state index contributed by atoms with van der Waals surface area (Å²) in [6.07, 6.45) is 4.89. The molecule has 0 atom stereocenters. The lowest BCUT2D eigenvalue weighted by molar-refractivity contribution is 0.376. The first-order valence-electron chi connectivity index (χ1n) is 7.31. The second kappa shape index (κ2) is 5.77. The Bertz CT molecular complexity index is 876. The molecule has 0 aliphatic heterocycles. The van der Waals surface area contributed by atoms with Crippen LogP contribution in [0.5, 0.6) is 0 Å². The number of nitrogens with zero attached hydrogens (tertiary/aromatic N) is 2. The van der Waals surface area contributed by atoms with Gasteiger partial charge in [-0.25, -0.2) is 0 Å². The van der Waals surface area contributed by atoms with Gasteiger partial charge in [-0.05, 0) is 35.9 Å². The van der Waals surface area contributed by atoms with Crippen molar-refractivity contribution in [3.63, 3.8) is 0 Å². The first-order chi connectivity index (χ1) is 10.9. The minimum Gasteiger partial charge on any atom is -0.361 e. The van der Waals surface area contributed by atoms with Gasteiger partial charge in [0, 0.05) is 23.5 Å². The van der Waals surface area contributed by atoms with Crippen LogP contribution in [0, 0.1) is 0 Å². The Morgan fingerprint density at radius 2 is 2.05 bits per heavy atom. The summed E-state index contributed by atoms with van der Waals surface area (Å²) >= 11 is 1.62. The van der Waals surface area contributed by atoms with Crippen LogP contribution < -0.4 is 0 Å². The van der Waals surface area contributed by atoms with Crippen molar-refractivity contribution in [2.45, 2.75) is 19.3 Å². The molecule has 110 valence electrons. The highest BCUT2D eigenvalue weighted by atomic mass is 32.1. The van der Waals surface area contributed by atoms with Gasteiger partial charge in [0.25, 0.3) is 0 Å². The highest BCUT2D eigenvalue weighted by Gasteiger charge is 2.09. The van der Waals surface area contributed by atoms with Gasteiger partial charge in [-0.1, -0.05) is 29.4 Å². The quantitative estimate of drug-likeness (QED) is 0.592. The van der Waals surface area contributed by atoms with Gasteiger partial charge in [-0.3, -0.25) is 0 Å². The highest BCUT2D eigenvalue weighted by molar-refractivity contribution is 7.13. The number of rotatable bonds is 5. The molecule has 0 amide bonds. The molecule has 3 heterocycles. The van der Waals surface area contributed by atoms with E-state index in [1.807, 2.05) is 23.6 Å². The number of hydrogen-bond acceptors (Lipinski definition) is 4. The molecule has 1 N–H and O–H groups in total. The van der Waals surface area contributed by atoms with E-state index in [1.165, 1.54) is 16.5 Å². The highest BCUT2D eigenvalue weighted by Crippen LogP contribution is 2.22. The molecule has 1 aromatic carbocycles. The van der Waals surface area contributed by atoms with Crippen molar-refractivity contribution in [2.75, 3.05) is 0 Å². The van der Waals surface area contributed by atoms with Crippen molar-refractivity contribution in [1.82, 2.24) is 15.1 Å². The fraction of sp³-hybridized carbons (Fsp3) is 0.176. The molecular weight excluding hydrogens is 294 g/mol. The Kier molecular flexibility index (Phi) is 3.48. The van der Waals surface area contributed by atoms with Crippen molar-refractivity contribution in [1.29, 1.82) is 0 Å². The lowest BCUT2D eigenvalue weighted by Crippen LogP contribution is -1.89. The predicted molar refractivity (Wildman–Crippen MR) is 87.9 cm³/mol. The molecule has 0 aliphatic rings. The third kappa shape index (κ3) is 2.55. The molecule has 0 saturated carbocycles. The number of aromatic nitrogens is 3. The summed E-state index contributed by atoms with van der Waals surface area (Å²) in [6.45, 7) is 0. The number of aromatic amines is 1. The van der Waals surface area contributed by atoms with Gasteiger partial charge >= 0.3 is 0 Å². The van der Waals surface area contributed by atoms with Crippen molar-refractivity contribution in [3.05, 3.63) is 59.4 Å². The molecule has 0 radical (unpaired) electrons. The third-order valence-corrected chi connectivity index (χ3v) is 4.59. The van der Waals surface area contributed by atoms with Crippen LogP contribution in [-0.4, -0.2) is 15.1 Å². The largest absolute Gasteiger partial charge is 0.361 e. The van der Waals surface area contributed by atoms with Crippen LogP contribution in [0.1, 0.15) is 17.9 Å². The molecule has 4 aromatic rings. The van der Waals surface area contributed by atoms with Crippen molar-refractivity contribution in [2.24, 2.45) is 0 Å². The number of para-hydroxylation sites is 1. The van der Waals surface area contributed by atoms with Gasteiger partial charge in [0.05, 0.1) is 4.88 Å². The number of aryl methyl sites for hydroxylation is 2. The predicted octanol–water partition coefficient (Wildman–Crippen LogP) is 4.45. The standard InChI is InChI=1S/C17H15N3OS/c1-2-7-14-13(6-1)12(11-18-14)5-3-9-16-19-17(20-21-16)15-8-4-10-22-15/h1-2,4,6-8,10-11,18H,3,5,9H2. The Hall–Kier alpha value is -2.40. The van der Waals surface area contributed by atoms with Gasteiger partial charge in [0.15, 0.2) is 0 Å². The van der Waals surface area contributed by atoms with Gasteiger partial charge < -0.3 is 9.51 Å². The molecule has 0 spiro atoms. The lowest BCUT2D eigenvalue weighted by atomic mass is 10.1. The molecule has 0 aliphatic carbocycles. The smallest absolute Gasteiger partial charge is 0.226 e. The number of nitrogens with one attached hydrogen (secondary N) is 1. The van der Waals surface area contributed by atoms with Crippen molar-refractivity contribution >= 4 is 22.2 Å². The van der Waals surface area contributed by atoms with Gasteiger partial charge in [0.2, 0.25) is 11.7 Å². The molecule has 5 heteroatoms. The Labute approximate surface area is 131 Å². The van der Waals surface area contributed by atoms with E-state index in [0.29, 0.717) is 11.7 Å². The van der Waals surface area contributed by atoms with Crippen LogP contribution >= 0.6 is 11.3 Å². The number of thiophene rings is 1. The fourth-order valence-corrected chi connectivity index (χ4v) is 3.28. The van der Waals surface area contributed by atoms with Gasteiger partial charge in [0.1, 0.15) is 0 Å². The van der Waals surface area contributed by atoms with E-state index in [0.717, 1.165) is 24.1 Å². The van der Waals surface area contributed by atoms with E-state index in [1.54, 1.807) is 11.3 Å². The van der Waals surface area contributed by atoms with E-state index < -0.39 is 0 Å². The SMILES string of the molecule is c1csc(-c2noc(CCCc3c[nH]c4ccccc34)n2)c1. The lowest BCUT2D eigenvalue weighted by Gasteiger charge is -1.97. The van der Waals surface area contributed by atoms with E-state index in [2.05, 4.69) is 39.5 Å². The number of fused-ring (bicyclic) bond motifs is 1. The van der Waals surface area contributed by atoms with Crippen LogP contribution in [0.2, 0.25) is 0 Å². The summed E-state index contributed by atoms with van der Waals surface area (Å²) in [6, 6.07) is 12.4. The van der Waals surface area contributed by atoms with Crippen LogP contribution in [-0.2, 0) is 12.8 Å². The summed E-state index contributed by atoms with van der Waals surface area (Å²) in [5.74, 6) is 1.40. The zero-order valence-corrected chi connectivity index (χ0v) is 12.8. The summed E-state index contributed by atoms with van der Waals surface area (Å²) < 4.78 is 5.33. The van der Waals surface area contributed by atoms with E-state index in [9.17, 15) is 0 Å². The van der Waals surface area contributed by atoms with E-state index in [-0.39, 0.29) is 0 Å². The van der Waals surface area contributed by atoms with E-state index >= 15 is 0 Å². The summed E-state index contributed by atoms with van der Waals surface area (Å²) in [4.78, 5) is 8.82. The van der Waals surface area contributed by atoms with Crippen molar-refractivity contribution in [3.8, 4) is 10.7 Å². The van der Waals surface area contributed by atoms with E-state index in [4.69, 9.17) is 4.52 Å².